The number of carbonyl (C=O) groups excluding carboxylic acids is 1. The Morgan fingerprint density at radius 1 is 0.885 bits per heavy atom. The molecule has 0 unspecified atom stereocenters. The first-order chi connectivity index (χ1) is 12.7. The Morgan fingerprint density at radius 3 is 2.19 bits per heavy atom. The minimum Gasteiger partial charge on any atom is -0.384 e. The summed E-state index contributed by atoms with van der Waals surface area (Å²) in [7, 11) is 0. The summed E-state index contributed by atoms with van der Waals surface area (Å²) in [6.45, 7) is 0. The number of rotatable bonds is 5. The van der Waals surface area contributed by atoms with Crippen molar-refractivity contribution in [3.63, 3.8) is 0 Å². The molecule has 0 bridgehead atoms. The highest BCUT2D eigenvalue weighted by Crippen LogP contribution is 2.09. The monoisotopic (exact) mass is 342 g/mol. The number of nitrogens with one attached hydrogen (secondary N) is 1. The van der Waals surface area contributed by atoms with Crippen LogP contribution in [0.4, 0.5) is 5.82 Å². The summed E-state index contributed by atoms with van der Waals surface area (Å²) < 4.78 is 0. The molecule has 2 aromatic carbocycles. The average Bonchev–Trinajstić information content (AvgIpc) is 2.68. The third-order valence-electron chi connectivity index (χ3n) is 3.63. The number of pyridine rings is 1. The van der Waals surface area contributed by atoms with E-state index in [9.17, 15) is 4.79 Å². The van der Waals surface area contributed by atoms with Gasteiger partial charge in [-0.05, 0) is 28.8 Å². The fraction of sp³-hybridized carbons (Fsp3) is 0. The zero-order valence-corrected chi connectivity index (χ0v) is 14.0. The molecule has 0 spiro atoms. The number of hydrogen-bond donors (Lipinski definition) is 2. The summed E-state index contributed by atoms with van der Waals surface area (Å²) in [5, 5.41) is 3.96. The van der Waals surface area contributed by atoms with Gasteiger partial charge in [0.05, 0.1) is 11.8 Å². The molecule has 0 radical (unpaired) electrons. The highest BCUT2D eigenvalue weighted by Gasteiger charge is 2.03. The van der Waals surface area contributed by atoms with Crippen molar-refractivity contribution in [3.05, 3.63) is 95.2 Å². The normalized spacial score (nSPS) is 11.1. The second-order valence-electron chi connectivity index (χ2n) is 5.58. The first-order valence-electron chi connectivity index (χ1n) is 8.09. The van der Waals surface area contributed by atoms with Crippen molar-refractivity contribution >= 4 is 30.1 Å². The summed E-state index contributed by atoms with van der Waals surface area (Å²) in [6.07, 6.45) is 7.11. The van der Waals surface area contributed by atoms with Crippen molar-refractivity contribution in [3.8, 4) is 0 Å². The van der Waals surface area contributed by atoms with Crippen LogP contribution in [0.2, 0.25) is 0 Å². The van der Waals surface area contributed by atoms with Crippen molar-refractivity contribution < 1.29 is 4.79 Å². The Bertz CT molecular complexity index is 914. The number of anilines is 1. The molecule has 5 nitrogen and oxygen atoms in total. The number of nitrogens with two attached hydrogens (primary N) is 1. The van der Waals surface area contributed by atoms with E-state index in [2.05, 4.69) is 33.7 Å². The van der Waals surface area contributed by atoms with Gasteiger partial charge in [-0.1, -0.05) is 66.7 Å². The Morgan fingerprint density at radius 2 is 1.54 bits per heavy atom. The molecule has 3 aromatic rings. The third-order valence-corrected chi connectivity index (χ3v) is 3.63. The maximum atomic E-state index is 11.9. The van der Waals surface area contributed by atoms with Crippen LogP contribution >= 0.6 is 0 Å². The number of nitrogen functional groups attached to an aromatic ring is 1. The maximum Gasteiger partial charge on any atom is 0.272 e. The standard InChI is InChI=1S/C21H18N4O/c22-20-13-12-19(15-23-20)21(26)25-24-14-18-10-8-17(9-11-18)7-6-16-4-2-1-3-5-16/h1-15H,(H2,22,23)(H,25,26)/b7-6+,24-14+. The van der Waals surface area contributed by atoms with Crippen LogP contribution in [0, 0.1) is 0 Å². The molecular weight excluding hydrogens is 324 g/mol. The molecule has 1 heterocycles. The van der Waals surface area contributed by atoms with Gasteiger partial charge in [-0.3, -0.25) is 4.79 Å². The van der Waals surface area contributed by atoms with Gasteiger partial charge in [0.15, 0.2) is 0 Å². The molecule has 3 N–H and O–H groups in total. The van der Waals surface area contributed by atoms with Gasteiger partial charge in [0.1, 0.15) is 5.82 Å². The first-order valence-corrected chi connectivity index (χ1v) is 8.09. The molecular formula is C21H18N4O. The van der Waals surface area contributed by atoms with E-state index in [1.807, 2.05) is 48.5 Å². The first kappa shape index (κ1) is 17.1. The smallest absolute Gasteiger partial charge is 0.272 e. The summed E-state index contributed by atoms with van der Waals surface area (Å²) in [4.78, 5) is 15.8. The molecule has 128 valence electrons. The lowest BCUT2D eigenvalue weighted by Gasteiger charge is -2.00. The van der Waals surface area contributed by atoms with Gasteiger partial charge in [-0.15, -0.1) is 0 Å². The van der Waals surface area contributed by atoms with Gasteiger partial charge in [0.2, 0.25) is 0 Å². The molecule has 1 aromatic heterocycles. The van der Waals surface area contributed by atoms with Crippen molar-refractivity contribution in [2.45, 2.75) is 0 Å². The van der Waals surface area contributed by atoms with Crippen LogP contribution in [0.5, 0.6) is 0 Å². The maximum absolute atomic E-state index is 11.9. The highest BCUT2D eigenvalue weighted by atomic mass is 16.2. The lowest BCUT2D eigenvalue weighted by molar-refractivity contribution is 0.0955. The number of amides is 1. The predicted octanol–water partition coefficient (Wildman–Crippen LogP) is 3.60. The molecule has 0 atom stereocenters. The predicted molar refractivity (Wildman–Crippen MR) is 106 cm³/mol. The Hall–Kier alpha value is -3.73. The van der Waals surface area contributed by atoms with Gasteiger partial charge in [-0.25, -0.2) is 10.4 Å². The van der Waals surface area contributed by atoms with Crippen LogP contribution in [0.1, 0.15) is 27.0 Å². The number of hydrogen-bond acceptors (Lipinski definition) is 4. The molecule has 26 heavy (non-hydrogen) atoms. The quantitative estimate of drug-likeness (QED) is 0.422. The zero-order chi connectivity index (χ0) is 18.2. The second kappa shape index (κ2) is 8.39. The molecule has 1 amide bonds. The second-order valence-corrected chi connectivity index (χ2v) is 5.58. The van der Waals surface area contributed by atoms with E-state index >= 15 is 0 Å². The Labute approximate surface area is 151 Å². The van der Waals surface area contributed by atoms with Crippen LogP contribution in [-0.4, -0.2) is 17.1 Å². The zero-order valence-electron chi connectivity index (χ0n) is 14.0. The number of carbonyl (C=O) groups is 1. The summed E-state index contributed by atoms with van der Waals surface area (Å²) >= 11 is 0. The minimum absolute atomic E-state index is 0.337. The SMILES string of the molecule is Nc1ccc(C(=O)N/N=C/c2ccc(/C=C/c3ccccc3)cc2)cn1. The average molecular weight is 342 g/mol. The lowest BCUT2D eigenvalue weighted by atomic mass is 10.1. The van der Waals surface area contributed by atoms with E-state index in [0.29, 0.717) is 11.4 Å². The van der Waals surface area contributed by atoms with Crippen molar-refractivity contribution in [1.82, 2.24) is 10.4 Å². The number of benzene rings is 2. The van der Waals surface area contributed by atoms with E-state index < -0.39 is 0 Å². The fourth-order valence-electron chi connectivity index (χ4n) is 2.22. The number of aromatic nitrogens is 1. The molecule has 3 rings (SSSR count). The van der Waals surface area contributed by atoms with Gasteiger partial charge in [0, 0.05) is 6.20 Å². The topological polar surface area (TPSA) is 80.4 Å². The van der Waals surface area contributed by atoms with Crippen molar-refractivity contribution in [1.29, 1.82) is 0 Å². The van der Waals surface area contributed by atoms with E-state index in [1.54, 1.807) is 18.3 Å². The molecule has 0 aliphatic carbocycles. The van der Waals surface area contributed by atoms with Crippen LogP contribution < -0.4 is 11.2 Å². The lowest BCUT2D eigenvalue weighted by Crippen LogP contribution is -2.17. The Balaban J connectivity index is 1.57. The summed E-state index contributed by atoms with van der Waals surface area (Å²) in [6, 6.07) is 21.1. The molecule has 0 saturated heterocycles. The van der Waals surface area contributed by atoms with E-state index in [-0.39, 0.29) is 5.91 Å². The molecule has 0 saturated carbocycles. The van der Waals surface area contributed by atoms with E-state index in [4.69, 9.17) is 5.73 Å². The molecule has 5 heteroatoms. The van der Waals surface area contributed by atoms with Crippen LogP contribution in [0.15, 0.2) is 78.0 Å². The molecule has 0 fully saturated rings. The molecule has 0 aliphatic heterocycles. The van der Waals surface area contributed by atoms with Gasteiger partial charge >= 0.3 is 0 Å². The van der Waals surface area contributed by atoms with Gasteiger partial charge in [-0.2, -0.15) is 5.10 Å². The minimum atomic E-state index is -0.337. The number of nitrogens with zero attached hydrogens (tertiary/aromatic N) is 2. The van der Waals surface area contributed by atoms with Gasteiger partial charge in [0.25, 0.3) is 5.91 Å². The van der Waals surface area contributed by atoms with E-state index in [1.165, 1.54) is 6.20 Å². The molecule has 0 aliphatic rings. The number of hydrazone groups is 1. The Kier molecular flexibility index (Phi) is 5.52. The van der Waals surface area contributed by atoms with Crippen molar-refractivity contribution in [2.75, 3.05) is 5.73 Å². The van der Waals surface area contributed by atoms with E-state index in [0.717, 1.165) is 16.7 Å². The largest absolute Gasteiger partial charge is 0.384 e. The third kappa shape index (κ3) is 4.88. The van der Waals surface area contributed by atoms with Crippen LogP contribution in [0.3, 0.4) is 0 Å². The van der Waals surface area contributed by atoms with Crippen molar-refractivity contribution in [2.24, 2.45) is 5.10 Å². The summed E-state index contributed by atoms with van der Waals surface area (Å²) in [5.74, 6) is 0.0302. The highest BCUT2D eigenvalue weighted by molar-refractivity contribution is 5.94. The fourth-order valence-corrected chi connectivity index (χ4v) is 2.22. The summed E-state index contributed by atoms with van der Waals surface area (Å²) in [5.41, 5.74) is 11.5. The van der Waals surface area contributed by atoms with Crippen LogP contribution in [-0.2, 0) is 0 Å². The van der Waals surface area contributed by atoms with Gasteiger partial charge < -0.3 is 5.73 Å². The van der Waals surface area contributed by atoms with Crippen LogP contribution in [0.25, 0.3) is 12.2 Å².